The number of aromatic nitrogens is 3. The van der Waals surface area contributed by atoms with Crippen LogP contribution >= 0.6 is 0 Å². The minimum absolute atomic E-state index is 0.702. The van der Waals surface area contributed by atoms with Crippen molar-refractivity contribution in [1.29, 1.82) is 0 Å². The second kappa shape index (κ2) is 7.79. The van der Waals surface area contributed by atoms with Gasteiger partial charge in [0.15, 0.2) is 5.82 Å². The monoisotopic (exact) mass is 352 g/mol. The molecule has 2 heterocycles. The summed E-state index contributed by atoms with van der Waals surface area (Å²) in [5.41, 5.74) is 4.18. The van der Waals surface area contributed by atoms with Gasteiger partial charge in [-0.3, -0.25) is 4.98 Å². The summed E-state index contributed by atoms with van der Waals surface area (Å²) >= 11 is 0. The molecule has 4 rings (SSSR count). The first kappa shape index (κ1) is 16.9. The van der Waals surface area contributed by atoms with Crippen molar-refractivity contribution in [3.05, 3.63) is 96.8 Å². The zero-order chi connectivity index (χ0) is 18.5. The van der Waals surface area contributed by atoms with Crippen molar-refractivity contribution in [2.24, 2.45) is 0 Å². The first-order valence-corrected chi connectivity index (χ1v) is 8.89. The lowest BCUT2D eigenvalue weighted by Gasteiger charge is -2.20. The van der Waals surface area contributed by atoms with E-state index in [0.29, 0.717) is 5.82 Å². The molecule has 2 aromatic heterocycles. The summed E-state index contributed by atoms with van der Waals surface area (Å²) in [6.45, 7) is 0.780. The van der Waals surface area contributed by atoms with Crippen molar-refractivity contribution >= 4 is 5.82 Å². The van der Waals surface area contributed by atoms with Gasteiger partial charge in [0.25, 0.3) is 0 Å². The molecule has 2 aromatic carbocycles. The Morgan fingerprint density at radius 3 is 2.11 bits per heavy atom. The van der Waals surface area contributed by atoms with E-state index in [1.54, 1.807) is 12.4 Å². The van der Waals surface area contributed by atoms with Gasteiger partial charge in [-0.2, -0.15) is 0 Å². The summed E-state index contributed by atoms with van der Waals surface area (Å²) in [6.07, 6.45) is 3.53. The van der Waals surface area contributed by atoms with Gasteiger partial charge < -0.3 is 4.90 Å². The molecule has 0 unspecified atom stereocenters. The number of hydrogen-bond acceptors (Lipinski definition) is 4. The van der Waals surface area contributed by atoms with Crippen LogP contribution in [0.15, 0.2) is 91.3 Å². The van der Waals surface area contributed by atoms with Crippen molar-refractivity contribution < 1.29 is 0 Å². The van der Waals surface area contributed by atoms with Crippen molar-refractivity contribution in [3.8, 4) is 22.6 Å². The number of pyridine rings is 1. The second-order valence-electron chi connectivity index (χ2n) is 6.38. The van der Waals surface area contributed by atoms with Gasteiger partial charge in [-0.25, -0.2) is 9.97 Å². The molecule has 0 radical (unpaired) electrons. The summed E-state index contributed by atoms with van der Waals surface area (Å²) in [5, 5.41) is 0. The van der Waals surface area contributed by atoms with Crippen molar-refractivity contribution in [2.45, 2.75) is 6.54 Å². The highest BCUT2D eigenvalue weighted by Gasteiger charge is 2.12. The van der Waals surface area contributed by atoms with Gasteiger partial charge in [-0.05, 0) is 17.7 Å². The maximum absolute atomic E-state index is 4.81. The van der Waals surface area contributed by atoms with Crippen LogP contribution in [-0.2, 0) is 6.54 Å². The molecule has 0 aliphatic heterocycles. The fourth-order valence-corrected chi connectivity index (χ4v) is 2.96. The standard InChI is InChI=1S/C23H20N4/c1-27(17-18-8-4-2-5-9-18)22-16-21(19-10-6-3-7-11-19)25-23(26-22)20-12-14-24-15-13-20/h2-16H,17H2,1H3. The van der Waals surface area contributed by atoms with Crippen LogP contribution in [0.3, 0.4) is 0 Å². The molecule has 0 N–H and O–H groups in total. The van der Waals surface area contributed by atoms with E-state index in [1.165, 1.54) is 5.56 Å². The molecule has 132 valence electrons. The van der Waals surface area contributed by atoms with E-state index in [4.69, 9.17) is 9.97 Å². The largest absolute Gasteiger partial charge is 0.355 e. The zero-order valence-electron chi connectivity index (χ0n) is 15.2. The van der Waals surface area contributed by atoms with E-state index >= 15 is 0 Å². The first-order chi connectivity index (χ1) is 13.3. The molecule has 4 nitrogen and oxygen atoms in total. The third-order valence-corrected chi connectivity index (χ3v) is 4.37. The summed E-state index contributed by atoms with van der Waals surface area (Å²) in [5.74, 6) is 1.59. The average Bonchev–Trinajstić information content (AvgIpc) is 2.75. The number of hydrogen-bond donors (Lipinski definition) is 0. The maximum Gasteiger partial charge on any atom is 0.162 e. The highest BCUT2D eigenvalue weighted by Crippen LogP contribution is 2.26. The van der Waals surface area contributed by atoms with Gasteiger partial charge in [-0.1, -0.05) is 60.7 Å². The lowest BCUT2D eigenvalue weighted by molar-refractivity contribution is 0.893. The Hall–Kier alpha value is -3.53. The number of nitrogens with zero attached hydrogens (tertiary/aromatic N) is 4. The van der Waals surface area contributed by atoms with E-state index in [1.807, 2.05) is 42.5 Å². The quantitative estimate of drug-likeness (QED) is 0.515. The van der Waals surface area contributed by atoms with Gasteiger partial charge in [0.1, 0.15) is 5.82 Å². The minimum Gasteiger partial charge on any atom is -0.355 e. The van der Waals surface area contributed by atoms with Gasteiger partial charge in [0.2, 0.25) is 0 Å². The minimum atomic E-state index is 0.702. The van der Waals surface area contributed by atoms with Crippen molar-refractivity contribution in [2.75, 3.05) is 11.9 Å². The molecule has 27 heavy (non-hydrogen) atoms. The third-order valence-electron chi connectivity index (χ3n) is 4.37. The molecule has 0 saturated heterocycles. The molecule has 0 amide bonds. The highest BCUT2D eigenvalue weighted by atomic mass is 15.2. The molecule has 0 atom stereocenters. The topological polar surface area (TPSA) is 41.9 Å². The predicted molar refractivity (Wildman–Crippen MR) is 109 cm³/mol. The Morgan fingerprint density at radius 1 is 0.741 bits per heavy atom. The van der Waals surface area contributed by atoms with Crippen LogP contribution in [0.5, 0.6) is 0 Å². The zero-order valence-corrected chi connectivity index (χ0v) is 15.2. The molecule has 0 saturated carbocycles. The van der Waals surface area contributed by atoms with Gasteiger partial charge in [-0.15, -0.1) is 0 Å². The number of anilines is 1. The normalized spacial score (nSPS) is 10.6. The van der Waals surface area contributed by atoms with Crippen LogP contribution in [-0.4, -0.2) is 22.0 Å². The van der Waals surface area contributed by atoms with Crippen LogP contribution in [0.4, 0.5) is 5.82 Å². The molecule has 0 fully saturated rings. The van der Waals surface area contributed by atoms with E-state index in [9.17, 15) is 0 Å². The molecule has 0 bridgehead atoms. The second-order valence-corrected chi connectivity index (χ2v) is 6.38. The van der Waals surface area contributed by atoms with Crippen LogP contribution in [0, 0.1) is 0 Å². The van der Waals surface area contributed by atoms with Gasteiger partial charge >= 0.3 is 0 Å². The fourth-order valence-electron chi connectivity index (χ4n) is 2.96. The van der Waals surface area contributed by atoms with E-state index in [-0.39, 0.29) is 0 Å². The number of benzene rings is 2. The van der Waals surface area contributed by atoms with E-state index in [2.05, 4.69) is 53.3 Å². The summed E-state index contributed by atoms with van der Waals surface area (Å²) in [6, 6.07) is 26.5. The Bertz CT molecular complexity index is 944. The van der Waals surface area contributed by atoms with Crippen LogP contribution in [0.2, 0.25) is 0 Å². The lowest BCUT2D eigenvalue weighted by Crippen LogP contribution is -2.18. The highest BCUT2D eigenvalue weighted by molar-refractivity contribution is 5.67. The maximum atomic E-state index is 4.81. The first-order valence-electron chi connectivity index (χ1n) is 8.89. The molecule has 0 aliphatic rings. The van der Waals surface area contributed by atoms with Crippen LogP contribution in [0.25, 0.3) is 22.6 Å². The van der Waals surface area contributed by atoms with E-state index < -0.39 is 0 Å². The molecular formula is C23H20N4. The number of rotatable bonds is 5. The summed E-state index contributed by atoms with van der Waals surface area (Å²) < 4.78 is 0. The lowest BCUT2D eigenvalue weighted by atomic mass is 10.1. The van der Waals surface area contributed by atoms with Crippen LogP contribution in [0.1, 0.15) is 5.56 Å². The van der Waals surface area contributed by atoms with Crippen molar-refractivity contribution in [3.63, 3.8) is 0 Å². The Kier molecular flexibility index (Phi) is 4.88. The van der Waals surface area contributed by atoms with Crippen molar-refractivity contribution in [1.82, 2.24) is 15.0 Å². The smallest absolute Gasteiger partial charge is 0.162 e. The van der Waals surface area contributed by atoms with Gasteiger partial charge in [0, 0.05) is 43.2 Å². The van der Waals surface area contributed by atoms with Crippen LogP contribution < -0.4 is 4.90 Å². The Morgan fingerprint density at radius 2 is 1.41 bits per heavy atom. The molecule has 4 heteroatoms. The molecule has 4 aromatic rings. The summed E-state index contributed by atoms with van der Waals surface area (Å²) in [7, 11) is 2.06. The Labute approximate surface area is 159 Å². The molecular weight excluding hydrogens is 332 g/mol. The predicted octanol–water partition coefficient (Wildman–Crippen LogP) is 4.84. The average molecular weight is 352 g/mol. The van der Waals surface area contributed by atoms with Gasteiger partial charge in [0.05, 0.1) is 5.69 Å². The summed E-state index contributed by atoms with van der Waals surface area (Å²) in [4.78, 5) is 15.9. The van der Waals surface area contributed by atoms with E-state index in [0.717, 1.165) is 29.2 Å². The Balaban J connectivity index is 1.76. The third kappa shape index (κ3) is 4.01. The fraction of sp³-hybridized carbons (Fsp3) is 0.0870. The molecule has 0 spiro atoms. The SMILES string of the molecule is CN(Cc1ccccc1)c1cc(-c2ccccc2)nc(-c2ccncc2)n1. The molecule has 0 aliphatic carbocycles.